The van der Waals surface area contributed by atoms with Crippen LogP contribution in [0.5, 0.6) is 0 Å². The van der Waals surface area contributed by atoms with Crippen molar-refractivity contribution in [1.82, 2.24) is 15.4 Å². The highest BCUT2D eigenvalue weighted by molar-refractivity contribution is 5.96. The van der Waals surface area contributed by atoms with E-state index < -0.39 is 0 Å². The molecule has 4 aromatic rings. The molecule has 0 spiro atoms. The Morgan fingerprint density at radius 3 is 2.39 bits per heavy atom. The van der Waals surface area contributed by atoms with Gasteiger partial charge in [0.05, 0.1) is 17.3 Å². The van der Waals surface area contributed by atoms with Gasteiger partial charge in [-0.2, -0.15) is 5.48 Å². The summed E-state index contributed by atoms with van der Waals surface area (Å²) < 4.78 is 0. The van der Waals surface area contributed by atoms with Crippen LogP contribution in [0.15, 0.2) is 72.9 Å². The molecule has 140 valence electrons. The first-order valence-corrected chi connectivity index (χ1v) is 9.03. The zero-order chi connectivity index (χ0) is 19.5. The fourth-order valence-corrected chi connectivity index (χ4v) is 3.27. The van der Waals surface area contributed by atoms with Crippen molar-refractivity contribution in [2.45, 2.75) is 13.0 Å². The maximum Gasteiger partial charge on any atom is 0.149 e. The summed E-state index contributed by atoms with van der Waals surface area (Å²) in [6.45, 7) is 1.90. The van der Waals surface area contributed by atoms with Crippen LogP contribution in [-0.2, 0) is 0 Å². The fourth-order valence-electron chi connectivity index (χ4n) is 3.27. The third kappa shape index (κ3) is 3.32. The number of fused-ring (bicyclic) bond motifs is 1. The van der Waals surface area contributed by atoms with Gasteiger partial charge in [-0.3, -0.25) is 0 Å². The Bertz CT molecular complexity index is 1100. The van der Waals surface area contributed by atoms with Gasteiger partial charge < -0.3 is 10.6 Å². The van der Waals surface area contributed by atoms with Crippen molar-refractivity contribution in [3.8, 4) is 22.4 Å². The monoisotopic (exact) mass is 371 g/mol. The van der Waals surface area contributed by atoms with E-state index in [4.69, 9.17) is 16.0 Å². The molecule has 0 fully saturated rings. The van der Waals surface area contributed by atoms with Gasteiger partial charge >= 0.3 is 0 Å². The number of benzene rings is 2. The van der Waals surface area contributed by atoms with Gasteiger partial charge in [-0.05, 0) is 30.2 Å². The minimum absolute atomic E-state index is 0.142. The summed E-state index contributed by atoms with van der Waals surface area (Å²) in [6, 6.07) is 21.9. The van der Waals surface area contributed by atoms with Crippen LogP contribution in [0, 0.1) is 0 Å². The zero-order valence-electron chi connectivity index (χ0n) is 15.4. The number of anilines is 1. The number of rotatable bonds is 5. The molecule has 5 N–H and O–H groups in total. The number of aromatic nitrogens is 2. The van der Waals surface area contributed by atoms with Crippen molar-refractivity contribution in [1.29, 1.82) is 0 Å². The van der Waals surface area contributed by atoms with E-state index in [0.717, 1.165) is 38.9 Å². The van der Waals surface area contributed by atoms with Gasteiger partial charge in [0.15, 0.2) is 0 Å². The quantitative estimate of drug-likeness (QED) is 0.309. The molecule has 0 saturated carbocycles. The van der Waals surface area contributed by atoms with Gasteiger partial charge in [-0.25, -0.2) is 15.8 Å². The Morgan fingerprint density at radius 1 is 0.964 bits per heavy atom. The van der Waals surface area contributed by atoms with Crippen molar-refractivity contribution >= 4 is 16.7 Å². The summed E-state index contributed by atoms with van der Waals surface area (Å²) in [6.07, 6.45) is 1.69. The molecule has 0 aliphatic carbocycles. The molecule has 6 nitrogen and oxygen atoms in total. The largest absolute Gasteiger partial charge is 0.316 e. The van der Waals surface area contributed by atoms with E-state index in [0.29, 0.717) is 5.82 Å². The predicted molar refractivity (Wildman–Crippen MR) is 112 cm³/mol. The van der Waals surface area contributed by atoms with Crippen LogP contribution in [0.4, 0.5) is 5.82 Å². The standard InChI is InChI=1S/C22H21N5O/c1-14(27-28)15-7-9-17(10-8-15)21-18(16-5-3-2-4-6-16)13-19-20(25-21)11-12-24-22(19)26-23/h2-14,27-28H,23H2,1H3,(H,24,26). The Balaban J connectivity index is 1.93. The molecule has 0 bridgehead atoms. The molecular formula is C22H21N5O. The second kappa shape index (κ2) is 7.74. The van der Waals surface area contributed by atoms with Gasteiger partial charge in [-0.15, -0.1) is 0 Å². The lowest BCUT2D eigenvalue weighted by atomic mass is 9.96. The third-order valence-electron chi connectivity index (χ3n) is 4.84. The number of hydroxylamine groups is 1. The van der Waals surface area contributed by atoms with Crippen LogP contribution < -0.4 is 16.7 Å². The van der Waals surface area contributed by atoms with Crippen LogP contribution in [0.3, 0.4) is 0 Å². The Kier molecular flexibility index (Phi) is 4.99. The minimum atomic E-state index is -0.142. The molecule has 0 amide bonds. The maximum absolute atomic E-state index is 9.15. The van der Waals surface area contributed by atoms with Crippen molar-refractivity contribution < 1.29 is 5.21 Å². The first kappa shape index (κ1) is 18.1. The lowest BCUT2D eigenvalue weighted by molar-refractivity contribution is 0.133. The highest BCUT2D eigenvalue weighted by Gasteiger charge is 2.14. The lowest BCUT2D eigenvalue weighted by Gasteiger charge is -2.14. The van der Waals surface area contributed by atoms with Crippen molar-refractivity contribution in [3.05, 3.63) is 78.5 Å². The van der Waals surface area contributed by atoms with Gasteiger partial charge in [0.25, 0.3) is 0 Å². The molecule has 0 aliphatic rings. The highest BCUT2D eigenvalue weighted by atomic mass is 16.5. The molecule has 2 heterocycles. The van der Waals surface area contributed by atoms with E-state index in [2.05, 4.69) is 34.1 Å². The molecule has 6 heteroatoms. The van der Waals surface area contributed by atoms with Crippen molar-refractivity contribution in [2.75, 3.05) is 5.43 Å². The second-order valence-electron chi connectivity index (χ2n) is 6.59. The Morgan fingerprint density at radius 2 is 1.71 bits per heavy atom. The highest BCUT2D eigenvalue weighted by Crippen LogP contribution is 2.35. The number of pyridine rings is 2. The van der Waals surface area contributed by atoms with E-state index in [1.54, 1.807) is 6.20 Å². The summed E-state index contributed by atoms with van der Waals surface area (Å²) in [4.78, 5) is 9.22. The van der Waals surface area contributed by atoms with Crippen LogP contribution >= 0.6 is 0 Å². The second-order valence-corrected chi connectivity index (χ2v) is 6.59. The summed E-state index contributed by atoms with van der Waals surface area (Å²) in [7, 11) is 0. The summed E-state index contributed by atoms with van der Waals surface area (Å²) in [5, 5.41) is 10.0. The molecule has 1 unspecified atom stereocenters. The third-order valence-corrected chi connectivity index (χ3v) is 4.84. The molecule has 28 heavy (non-hydrogen) atoms. The van der Waals surface area contributed by atoms with Crippen molar-refractivity contribution in [3.63, 3.8) is 0 Å². The first-order chi connectivity index (χ1) is 13.7. The molecule has 0 radical (unpaired) electrons. The molecule has 1 atom stereocenters. The number of hydrogen-bond acceptors (Lipinski definition) is 6. The van der Waals surface area contributed by atoms with Crippen LogP contribution in [0.1, 0.15) is 18.5 Å². The summed E-state index contributed by atoms with van der Waals surface area (Å²) in [5.74, 6) is 6.24. The Labute approximate surface area is 163 Å². The molecule has 2 aromatic carbocycles. The number of nitrogens with two attached hydrogens (primary N) is 1. The molecule has 2 aromatic heterocycles. The summed E-state index contributed by atoms with van der Waals surface area (Å²) >= 11 is 0. The van der Waals surface area contributed by atoms with E-state index in [9.17, 15) is 0 Å². The average molecular weight is 371 g/mol. The predicted octanol–water partition coefficient (Wildman–Crippen LogP) is 4.29. The number of nitrogens with one attached hydrogen (secondary N) is 2. The van der Waals surface area contributed by atoms with Gasteiger partial charge in [-0.1, -0.05) is 54.6 Å². The van der Waals surface area contributed by atoms with Gasteiger partial charge in [0.2, 0.25) is 0 Å². The molecular weight excluding hydrogens is 350 g/mol. The topological polar surface area (TPSA) is 96.1 Å². The number of hydrazine groups is 1. The number of nitrogen functional groups attached to an aromatic ring is 1. The maximum atomic E-state index is 9.15. The average Bonchev–Trinajstić information content (AvgIpc) is 2.78. The Hall–Kier alpha value is -3.32. The SMILES string of the molecule is CC(NO)c1ccc(-c2nc3ccnc(NN)c3cc2-c2ccccc2)cc1. The van der Waals surface area contributed by atoms with Crippen LogP contribution in [0.2, 0.25) is 0 Å². The van der Waals surface area contributed by atoms with Crippen LogP contribution in [0.25, 0.3) is 33.3 Å². The minimum Gasteiger partial charge on any atom is -0.316 e. The van der Waals surface area contributed by atoms with Gasteiger partial charge in [0.1, 0.15) is 5.82 Å². The summed E-state index contributed by atoms with van der Waals surface area (Å²) in [5.41, 5.74) is 10.7. The van der Waals surface area contributed by atoms with E-state index in [-0.39, 0.29) is 6.04 Å². The molecule has 0 saturated heterocycles. The van der Waals surface area contributed by atoms with Crippen molar-refractivity contribution in [2.24, 2.45) is 5.84 Å². The number of hydrogen-bond donors (Lipinski definition) is 4. The number of nitrogens with zero attached hydrogens (tertiary/aromatic N) is 2. The van der Waals surface area contributed by atoms with E-state index in [1.807, 2.05) is 55.5 Å². The molecule has 0 aliphatic heterocycles. The van der Waals surface area contributed by atoms with E-state index in [1.165, 1.54) is 0 Å². The lowest BCUT2D eigenvalue weighted by Crippen LogP contribution is -2.12. The fraction of sp³-hybridized carbons (Fsp3) is 0.0909. The first-order valence-electron chi connectivity index (χ1n) is 9.03. The normalized spacial score (nSPS) is 12.1. The smallest absolute Gasteiger partial charge is 0.149 e. The van der Waals surface area contributed by atoms with E-state index >= 15 is 0 Å². The zero-order valence-corrected chi connectivity index (χ0v) is 15.4. The van der Waals surface area contributed by atoms with Gasteiger partial charge in [0, 0.05) is 22.7 Å². The molecule has 4 rings (SSSR count). The van der Waals surface area contributed by atoms with Crippen LogP contribution in [-0.4, -0.2) is 15.2 Å².